The summed E-state index contributed by atoms with van der Waals surface area (Å²) in [6.45, 7) is 3.60. The summed E-state index contributed by atoms with van der Waals surface area (Å²) >= 11 is 6.07. The molecule has 6 nitrogen and oxygen atoms in total. The Labute approximate surface area is 168 Å². The molecule has 1 N–H and O–H groups in total. The summed E-state index contributed by atoms with van der Waals surface area (Å²) in [4.78, 5) is 15.4. The number of anilines is 1. The van der Waals surface area contributed by atoms with E-state index in [1.54, 1.807) is 0 Å². The SMILES string of the molecule is Cc1nnc(N2C(=O)c3ccccc3C23CCNCC3)n1-c1ccc(Cl)cc1. The maximum absolute atomic E-state index is 13.5. The van der Waals surface area contributed by atoms with Gasteiger partial charge in [-0.1, -0.05) is 29.8 Å². The molecular formula is C21H20ClN5O. The van der Waals surface area contributed by atoms with Gasteiger partial charge in [0, 0.05) is 10.6 Å². The van der Waals surface area contributed by atoms with E-state index in [2.05, 4.69) is 21.6 Å². The Morgan fingerprint density at radius 1 is 1.04 bits per heavy atom. The Hall–Kier alpha value is -2.70. The number of nitrogens with one attached hydrogen (secondary N) is 1. The molecule has 2 aliphatic rings. The van der Waals surface area contributed by atoms with Crippen LogP contribution in [0.2, 0.25) is 5.02 Å². The second-order valence-corrected chi connectivity index (χ2v) is 7.76. The number of nitrogens with zero attached hydrogens (tertiary/aromatic N) is 4. The van der Waals surface area contributed by atoms with Gasteiger partial charge in [0.15, 0.2) is 0 Å². The molecule has 0 unspecified atom stereocenters. The molecule has 2 aromatic carbocycles. The lowest BCUT2D eigenvalue weighted by atomic mass is 9.81. The van der Waals surface area contributed by atoms with Crippen molar-refractivity contribution in [3.8, 4) is 5.69 Å². The standard InChI is InChI=1S/C21H20ClN5O/c1-14-24-25-20(26(14)16-8-6-15(22)7-9-16)27-19(28)17-4-2-3-5-18(17)21(27)10-12-23-13-11-21/h2-9,23H,10-13H2,1H3. The van der Waals surface area contributed by atoms with Crippen molar-refractivity contribution < 1.29 is 4.79 Å². The van der Waals surface area contributed by atoms with Crippen LogP contribution >= 0.6 is 11.6 Å². The van der Waals surface area contributed by atoms with E-state index in [1.165, 1.54) is 0 Å². The van der Waals surface area contributed by atoms with E-state index in [-0.39, 0.29) is 5.91 Å². The third-order valence-electron chi connectivity index (χ3n) is 5.81. The lowest BCUT2D eigenvalue weighted by Crippen LogP contribution is -2.51. The molecule has 0 saturated carbocycles. The molecule has 0 radical (unpaired) electrons. The molecule has 1 spiro atoms. The van der Waals surface area contributed by atoms with Gasteiger partial charge >= 0.3 is 0 Å². The Morgan fingerprint density at radius 2 is 1.75 bits per heavy atom. The fraction of sp³-hybridized carbons (Fsp3) is 0.286. The number of carbonyl (C=O) groups excluding carboxylic acids is 1. The number of rotatable bonds is 2. The average Bonchev–Trinajstić information content (AvgIpc) is 3.20. The van der Waals surface area contributed by atoms with Gasteiger partial charge in [0.05, 0.1) is 11.2 Å². The minimum atomic E-state index is -0.400. The summed E-state index contributed by atoms with van der Waals surface area (Å²) in [6, 6.07) is 15.4. The topological polar surface area (TPSA) is 63.1 Å². The van der Waals surface area contributed by atoms with Crippen molar-refractivity contribution >= 4 is 23.5 Å². The van der Waals surface area contributed by atoms with Crippen LogP contribution in [0.4, 0.5) is 5.95 Å². The van der Waals surface area contributed by atoms with Crippen molar-refractivity contribution in [2.75, 3.05) is 18.0 Å². The smallest absolute Gasteiger partial charge is 0.261 e. The molecule has 2 aliphatic heterocycles. The zero-order valence-corrected chi connectivity index (χ0v) is 16.3. The van der Waals surface area contributed by atoms with Crippen LogP contribution in [0.1, 0.15) is 34.6 Å². The largest absolute Gasteiger partial charge is 0.317 e. The first kappa shape index (κ1) is 17.4. The van der Waals surface area contributed by atoms with Crippen LogP contribution in [0.15, 0.2) is 48.5 Å². The number of hydrogen-bond donors (Lipinski definition) is 1. The molecule has 3 aromatic rings. The van der Waals surface area contributed by atoms with Crippen molar-refractivity contribution in [3.63, 3.8) is 0 Å². The fourth-order valence-electron chi connectivity index (χ4n) is 4.51. The van der Waals surface area contributed by atoms with Gasteiger partial charge in [0.1, 0.15) is 5.82 Å². The molecule has 0 bridgehead atoms. The number of benzene rings is 2. The number of carbonyl (C=O) groups is 1. The molecule has 1 fully saturated rings. The van der Waals surface area contributed by atoms with E-state index in [4.69, 9.17) is 11.6 Å². The number of aromatic nitrogens is 3. The van der Waals surface area contributed by atoms with E-state index in [1.807, 2.05) is 58.9 Å². The quantitative estimate of drug-likeness (QED) is 0.724. The molecule has 1 amide bonds. The molecular weight excluding hydrogens is 374 g/mol. The van der Waals surface area contributed by atoms with Crippen LogP contribution in [0, 0.1) is 6.92 Å². The Kier molecular flexibility index (Phi) is 4.00. The first-order chi connectivity index (χ1) is 13.6. The lowest BCUT2D eigenvalue weighted by Gasteiger charge is -2.41. The molecule has 1 aromatic heterocycles. The minimum Gasteiger partial charge on any atom is -0.317 e. The van der Waals surface area contributed by atoms with Gasteiger partial charge in [-0.3, -0.25) is 14.3 Å². The van der Waals surface area contributed by atoms with E-state index >= 15 is 0 Å². The number of aryl methyl sites for hydroxylation is 1. The second kappa shape index (κ2) is 6.43. The molecule has 5 rings (SSSR count). The summed E-state index contributed by atoms with van der Waals surface area (Å²) in [7, 11) is 0. The van der Waals surface area contributed by atoms with Crippen LogP contribution in [0.3, 0.4) is 0 Å². The number of hydrogen-bond acceptors (Lipinski definition) is 4. The molecule has 0 atom stereocenters. The Balaban J connectivity index is 1.71. The van der Waals surface area contributed by atoms with E-state index in [0.29, 0.717) is 11.0 Å². The summed E-state index contributed by atoms with van der Waals surface area (Å²) in [6.07, 6.45) is 1.67. The van der Waals surface area contributed by atoms with Gasteiger partial charge in [-0.25, -0.2) is 0 Å². The van der Waals surface area contributed by atoms with Crippen LogP contribution in [-0.4, -0.2) is 33.8 Å². The van der Waals surface area contributed by atoms with Crippen molar-refractivity contribution in [1.29, 1.82) is 0 Å². The second-order valence-electron chi connectivity index (χ2n) is 7.33. The summed E-state index contributed by atoms with van der Waals surface area (Å²) in [5.41, 5.74) is 2.33. The molecule has 0 aliphatic carbocycles. The van der Waals surface area contributed by atoms with Gasteiger partial charge in [0.25, 0.3) is 5.91 Å². The number of piperidine rings is 1. The molecule has 7 heteroatoms. The fourth-order valence-corrected chi connectivity index (χ4v) is 4.64. The molecule has 142 valence electrons. The van der Waals surface area contributed by atoms with Crippen LogP contribution in [-0.2, 0) is 5.54 Å². The maximum atomic E-state index is 13.5. The summed E-state index contributed by atoms with van der Waals surface area (Å²) in [5, 5.41) is 12.8. The number of halogens is 1. The van der Waals surface area contributed by atoms with Crippen molar-refractivity contribution in [1.82, 2.24) is 20.1 Å². The van der Waals surface area contributed by atoms with Crippen molar-refractivity contribution in [2.24, 2.45) is 0 Å². The minimum absolute atomic E-state index is 0.0138. The first-order valence-corrected chi connectivity index (χ1v) is 9.82. The maximum Gasteiger partial charge on any atom is 0.261 e. The van der Waals surface area contributed by atoms with Crippen LogP contribution in [0.5, 0.6) is 0 Å². The number of fused-ring (bicyclic) bond motifs is 2. The Morgan fingerprint density at radius 3 is 2.50 bits per heavy atom. The predicted octanol–water partition coefficient (Wildman–Crippen LogP) is 3.47. The third-order valence-corrected chi connectivity index (χ3v) is 6.07. The van der Waals surface area contributed by atoms with Crippen molar-refractivity contribution in [3.05, 3.63) is 70.5 Å². The third kappa shape index (κ3) is 2.41. The van der Waals surface area contributed by atoms with E-state index < -0.39 is 5.54 Å². The van der Waals surface area contributed by atoms with E-state index in [9.17, 15) is 4.79 Å². The van der Waals surface area contributed by atoms with Gasteiger partial charge < -0.3 is 5.32 Å². The van der Waals surface area contributed by atoms with Crippen LogP contribution in [0.25, 0.3) is 5.69 Å². The van der Waals surface area contributed by atoms with Crippen molar-refractivity contribution in [2.45, 2.75) is 25.3 Å². The highest BCUT2D eigenvalue weighted by Crippen LogP contribution is 2.47. The van der Waals surface area contributed by atoms with E-state index in [0.717, 1.165) is 48.6 Å². The highest BCUT2D eigenvalue weighted by molar-refractivity contribution is 6.30. The zero-order valence-electron chi connectivity index (χ0n) is 15.5. The zero-order chi connectivity index (χ0) is 19.3. The first-order valence-electron chi connectivity index (χ1n) is 9.44. The normalized spacial score (nSPS) is 17.9. The molecule has 28 heavy (non-hydrogen) atoms. The average molecular weight is 394 g/mol. The highest BCUT2D eigenvalue weighted by Gasteiger charge is 2.52. The molecule has 1 saturated heterocycles. The Bertz CT molecular complexity index is 1050. The van der Waals surface area contributed by atoms with Gasteiger partial charge in [-0.05, 0) is 68.8 Å². The van der Waals surface area contributed by atoms with Gasteiger partial charge in [-0.15, -0.1) is 10.2 Å². The monoisotopic (exact) mass is 393 g/mol. The highest BCUT2D eigenvalue weighted by atomic mass is 35.5. The number of amides is 1. The van der Waals surface area contributed by atoms with Gasteiger partial charge in [-0.2, -0.15) is 0 Å². The lowest BCUT2D eigenvalue weighted by molar-refractivity contribution is 0.0965. The van der Waals surface area contributed by atoms with Crippen LogP contribution < -0.4 is 10.2 Å². The predicted molar refractivity (Wildman–Crippen MR) is 108 cm³/mol. The summed E-state index contributed by atoms with van der Waals surface area (Å²) < 4.78 is 1.93. The van der Waals surface area contributed by atoms with Gasteiger partial charge in [0.2, 0.25) is 5.95 Å². The summed E-state index contributed by atoms with van der Waals surface area (Å²) in [5.74, 6) is 1.27. The molecule has 3 heterocycles.